The minimum absolute atomic E-state index is 0.00931. The molecule has 10 heteroatoms. The smallest absolute Gasteiger partial charge is 0.272 e. The lowest BCUT2D eigenvalue weighted by Crippen LogP contribution is -2.34. The van der Waals surface area contributed by atoms with Crippen molar-refractivity contribution in [2.75, 3.05) is 10.6 Å². The second-order valence-corrected chi connectivity index (χ2v) is 6.97. The summed E-state index contributed by atoms with van der Waals surface area (Å²) in [7, 11) is 0. The molecule has 0 heterocycles. The fraction of sp³-hybridized carbons (Fsp3) is 0.211. The normalized spacial score (nSPS) is 10.2. The third kappa shape index (κ3) is 6.23. The van der Waals surface area contributed by atoms with Crippen LogP contribution in [0, 0.1) is 17.0 Å². The van der Waals surface area contributed by atoms with Gasteiger partial charge in [0.05, 0.1) is 15.6 Å². The Labute approximate surface area is 177 Å². The monoisotopic (exact) mass is 434 g/mol. The van der Waals surface area contributed by atoms with Gasteiger partial charge in [0.2, 0.25) is 5.91 Å². The van der Waals surface area contributed by atoms with E-state index in [1.807, 2.05) is 6.92 Å². The molecule has 0 saturated carbocycles. The van der Waals surface area contributed by atoms with Crippen LogP contribution in [-0.2, 0) is 4.79 Å². The number of benzene rings is 2. The summed E-state index contributed by atoms with van der Waals surface area (Å²) in [6.45, 7) is 3.45. The molecule has 29 heavy (non-hydrogen) atoms. The molecule has 2 aromatic carbocycles. The summed E-state index contributed by atoms with van der Waals surface area (Å²) in [5.74, 6) is -0.644. The predicted octanol–water partition coefficient (Wildman–Crippen LogP) is 4.42. The second kappa shape index (κ2) is 9.94. The Balaban J connectivity index is 2.06. The number of hydrogen-bond acceptors (Lipinski definition) is 5. The number of nitrogens with one attached hydrogen (secondary N) is 3. The lowest BCUT2D eigenvalue weighted by Gasteiger charge is -2.13. The van der Waals surface area contributed by atoms with Gasteiger partial charge in [-0.3, -0.25) is 25.0 Å². The molecule has 0 radical (unpaired) electrons. The number of rotatable bonds is 6. The number of amides is 2. The number of nitro benzene ring substituents is 1. The Hall–Kier alpha value is -3.04. The molecule has 0 aromatic heterocycles. The van der Waals surface area contributed by atoms with Gasteiger partial charge >= 0.3 is 0 Å². The summed E-state index contributed by atoms with van der Waals surface area (Å²) in [5, 5.41) is 19.3. The third-order valence-electron chi connectivity index (χ3n) is 3.86. The molecule has 0 aliphatic heterocycles. The molecular weight excluding hydrogens is 416 g/mol. The van der Waals surface area contributed by atoms with E-state index in [4.69, 9.17) is 23.8 Å². The van der Waals surface area contributed by atoms with Gasteiger partial charge in [-0.05, 0) is 55.9 Å². The molecule has 2 rings (SSSR count). The van der Waals surface area contributed by atoms with E-state index in [1.165, 1.54) is 18.2 Å². The molecule has 152 valence electrons. The molecule has 0 aliphatic carbocycles. The Morgan fingerprint density at radius 1 is 1.17 bits per heavy atom. The number of carbonyl (C=O) groups excluding carboxylic acids is 2. The first-order chi connectivity index (χ1) is 13.7. The van der Waals surface area contributed by atoms with Crippen LogP contribution in [0.15, 0.2) is 36.4 Å². The van der Waals surface area contributed by atoms with Crippen molar-refractivity contribution < 1.29 is 14.5 Å². The molecule has 2 aromatic rings. The maximum absolute atomic E-state index is 12.3. The quantitative estimate of drug-likeness (QED) is 0.352. The zero-order chi connectivity index (χ0) is 21.6. The van der Waals surface area contributed by atoms with E-state index in [9.17, 15) is 19.7 Å². The van der Waals surface area contributed by atoms with E-state index < -0.39 is 10.8 Å². The van der Waals surface area contributed by atoms with Crippen LogP contribution >= 0.6 is 23.8 Å². The highest BCUT2D eigenvalue weighted by Gasteiger charge is 2.15. The molecular formula is C19H19ClN4O4S. The average Bonchev–Trinajstić information content (AvgIpc) is 2.64. The van der Waals surface area contributed by atoms with Crippen LogP contribution in [0.1, 0.15) is 35.7 Å². The summed E-state index contributed by atoms with van der Waals surface area (Å²) < 4.78 is 0. The summed E-state index contributed by atoms with van der Waals surface area (Å²) in [5.41, 5.74) is 1.46. The number of aryl methyl sites for hydroxylation is 1. The number of carbonyl (C=O) groups is 2. The number of nitrogens with zero attached hydrogens (tertiary/aromatic N) is 1. The minimum atomic E-state index is -0.524. The van der Waals surface area contributed by atoms with Crippen molar-refractivity contribution in [3.63, 3.8) is 0 Å². The van der Waals surface area contributed by atoms with E-state index in [2.05, 4.69) is 16.0 Å². The number of anilines is 2. The number of halogens is 1. The van der Waals surface area contributed by atoms with Crippen LogP contribution in [0.3, 0.4) is 0 Å². The first-order valence-electron chi connectivity index (χ1n) is 8.68. The summed E-state index contributed by atoms with van der Waals surface area (Å²) in [6.07, 6.45) is 1.12. The lowest BCUT2D eigenvalue weighted by molar-refractivity contribution is -0.385. The van der Waals surface area contributed by atoms with Crippen LogP contribution in [0.2, 0.25) is 5.02 Å². The maximum atomic E-state index is 12.3. The second-order valence-electron chi connectivity index (χ2n) is 6.16. The highest BCUT2D eigenvalue weighted by atomic mass is 35.5. The van der Waals surface area contributed by atoms with Gasteiger partial charge in [-0.1, -0.05) is 18.5 Å². The van der Waals surface area contributed by atoms with Crippen molar-refractivity contribution in [1.82, 2.24) is 5.32 Å². The zero-order valence-corrected chi connectivity index (χ0v) is 17.3. The van der Waals surface area contributed by atoms with E-state index in [-0.39, 0.29) is 22.3 Å². The number of hydrogen-bond donors (Lipinski definition) is 3. The molecule has 0 fully saturated rings. The molecule has 0 bridgehead atoms. The SMILES string of the molecule is CCCC(=O)Nc1ccc(Cl)c(NC(=S)NC(=O)c2ccc([N+](=O)[O-])c(C)c2)c1. The summed E-state index contributed by atoms with van der Waals surface area (Å²) >= 11 is 11.3. The van der Waals surface area contributed by atoms with Crippen LogP contribution in [-0.4, -0.2) is 21.9 Å². The highest BCUT2D eigenvalue weighted by Crippen LogP contribution is 2.26. The summed E-state index contributed by atoms with van der Waals surface area (Å²) in [6, 6.07) is 8.87. The van der Waals surface area contributed by atoms with Gasteiger partial charge in [0.25, 0.3) is 11.6 Å². The average molecular weight is 435 g/mol. The van der Waals surface area contributed by atoms with Crippen LogP contribution in [0.5, 0.6) is 0 Å². The minimum Gasteiger partial charge on any atom is -0.331 e. The molecule has 3 N–H and O–H groups in total. The van der Waals surface area contributed by atoms with Crippen molar-refractivity contribution >= 4 is 57.8 Å². The molecule has 0 unspecified atom stereocenters. The summed E-state index contributed by atoms with van der Waals surface area (Å²) in [4.78, 5) is 34.5. The van der Waals surface area contributed by atoms with Crippen LogP contribution in [0.25, 0.3) is 0 Å². The molecule has 2 amide bonds. The van der Waals surface area contributed by atoms with E-state index in [1.54, 1.807) is 25.1 Å². The van der Waals surface area contributed by atoms with Gasteiger partial charge in [-0.25, -0.2) is 0 Å². The van der Waals surface area contributed by atoms with Crippen LogP contribution < -0.4 is 16.0 Å². The lowest BCUT2D eigenvalue weighted by atomic mass is 10.1. The van der Waals surface area contributed by atoms with E-state index >= 15 is 0 Å². The Morgan fingerprint density at radius 3 is 2.52 bits per heavy atom. The van der Waals surface area contributed by atoms with Gasteiger partial charge < -0.3 is 10.6 Å². The van der Waals surface area contributed by atoms with Crippen molar-refractivity contribution in [2.24, 2.45) is 0 Å². The van der Waals surface area contributed by atoms with Gasteiger partial charge in [-0.15, -0.1) is 0 Å². The largest absolute Gasteiger partial charge is 0.331 e. The van der Waals surface area contributed by atoms with E-state index in [0.29, 0.717) is 28.4 Å². The standard InChI is InChI=1S/C19H19ClN4O4S/c1-3-4-17(25)21-13-6-7-14(20)15(10-13)22-19(29)23-18(26)12-5-8-16(24(27)28)11(2)9-12/h5-10H,3-4H2,1-2H3,(H,21,25)(H2,22,23,26,29). The number of thiocarbonyl (C=S) groups is 1. The Kier molecular flexibility index (Phi) is 7.63. The van der Waals surface area contributed by atoms with E-state index in [0.717, 1.165) is 6.42 Å². The van der Waals surface area contributed by atoms with Gasteiger partial charge in [0, 0.05) is 29.3 Å². The predicted molar refractivity (Wildman–Crippen MR) is 117 cm³/mol. The van der Waals surface area contributed by atoms with Crippen molar-refractivity contribution in [2.45, 2.75) is 26.7 Å². The van der Waals surface area contributed by atoms with Crippen molar-refractivity contribution in [1.29, 1.82) is 0 Å². The topological polar surface area (TPSA) is 113 Å². The van der Waals surface area contributed by atoms with Crippen molar-refractivity contribution in [3.05, 3.63) is 62.7 Å². The first-order valence-corrected chi connectivity index (χ1v) is 9.46. The van der Waals surface area contributed by atoms with Gasteiger partial charge in [0.1, 0.15) is 0 Å². The first kappa shape index (κ1) is 22.3. The number of nitro groups is 1. The zero-order valence-electron chi connectivity index (χ0n) is 15.7. The molecule has 0 atom stereocenters. The molecule has 0 aliphatic rings. The fourth-order valence-corrected chi connectivity index (χ4v) is 2.85. The molecule has 0 spiro atoms. The fourth-order valence-electron chi connectivity index (χ4n) is 2.48. The molecule has 0 saturated heterocycles. The van der Waals surface area contributed by atoms with Crippen molar-refractivity contribution in [3.8, 4) is 0 Å². The third-order valence-corrected chi connectivity index (χ3v) is 4.39. The van der Waals surface area contributed by atoms with Gasteiger partial charge in [0.15, 0.2) is 5.11 Å². The van der Waals surface area contributed by atoms with Crippen LogP contribution in [0.4, 0.5) is 17.1 Å². The Morgan fingerprint density at radius 2 is 1.90 bits per heavy atom. The molecule has 8 nitrogen and oxygen atoms in total. The Bertz CT molecular complexity index is 981. The highest BCUT2D eigenvalue weighted by molar-refractivity contribution is 7.80. The van der Waals surface area contributed by atoms with Gasteiger partial charge in [-0.2, -0.15) is 0 Å². The maximum Gasteiger partial charge on any atom is 0.272 e.